The summed E-state index contributed by atoms with van der Waals surface area (Å²) in [6, 6.07) is 1.89. The summed E-state index contributed by atoms with van der Waals surface area (Å²) in [5.41, 5.74) is 1.74. The summed E-state index contributed by atoms with van der Waals surface area (Å²) < 4.78 is 6.48. The van der Waals surface area contributed by atoms with Crippen LogP contribution in [0.25, 0.3) is 5.78 Å². The van der Waals surface area contributed by atoms with Crippen LogP contribution in [0.1, 0.15) is 22.0 Å². The molecule has 0 spiro atoms. The molecule has 114 valence electrons. The maximum atomic E-state index is 12.0. The summed E-state index contributed by atoms with van der Waals surface area (Å²) in [6.45, 7) is 6.35. The van der Waals surface area contributed by atoms with Gasteiger partial charge < -0.3 is 15.4 Å². The van der Waals surface area contributed by atoms with Gasteiger partial charge in [-0.15, -0.1) is 5.10 Å². The third-order valence-corrected chi connectivity index (χ3v) is 2.89. The maximum Gasteiger partial charge on any atom is 0.291 e. The van der Waals surface area contributed by atoms with Crippen LogP contribution in [0.3, 0.4) is 0 Å². The van der Waals surface area contributed by atoms with Gasteiger partial charge in [0.15, 0.2) is 0 Å². The minimum atomic E-state index is -0.300. The minimum Gasteiger partial charge on any atom is -0.383 e. The number of fused-ring (bicyclic) bond motifs is 1. The Kier molecular flexibility index (Phi) is 5.18. The number of methoxy groups -OCH3 is 1. The standard InChI is InChI=1S/C13H20N6O2/c1-9-8-10(2)19-13(16-9)17-11(18-19)12(20)15-5-4-14-6-7-21-3/h8,14H,4-7H2,1-3H3,(H,15,20). The molecule has 2 aromatic heterocycles. The molecule has 2 rings (SSSR count). The van der Waals surface area contributed by atoms with E-state index in [-0.39, 0.29) is 11.7 Å². The predicted molar refractivity (Wildman–Crippen MR) is 77.3 cm³/mol. The lowest BCUT2D eigenvalue weighted by Crippen LogP contribution is -2.33. The number of carbonyl (C=O) groups is 1. The van der Waals surface area contributed by atoms with Gasteiger partial charge >= 0.3 is 0 Å². The maximum absolute atomic E-state index is 12.0. The van der Waals surface area contributed by atoms with E-state index in [0.717, 1.165) is 17.9 Å². The summed E-state index contributed by atoms with van der Waals surface area (Å²) >= 11 is 0. The first-order valence-corrected chi connectivity index (χ1v) is 6.80. The third-order valence-electron chi connectivity index (χ3n) is 2.89. The highest BCUT2D eigenvalue weighted by atomic mass is 16.5. The van der Waals surface area contributed by atoms with Gasteiger partial charge in [0.1, 0.15) is 0 Å². The van der Waals surface area contributed by atoms with E-state index in [2.05, 4.69) is 25.7 Å². The van der Waals surface area contributed by atoms with Crippen molar-refractivity contribution in [1.82, 2.24) is 30.2 Å². The smallest absolute Gasteiger partial charge is 0.291 e. The number of nitrogens with one attached hydrogen (secondary N) is 2. The Morgan fingerprint density at radius 3 is 2.86 bits per heavy atom. The van der Waals surface area contributed by atoms with E-state index < -0.39 is 0 Å². The molecule has 0 radical (unpaired) electrons. The SMILES string of the molecule is COCCNCCNC(=O)c1nc2nc(C)cc(C)n2n1. The number of ether oxygens (including phenoxy) is 1. The summed E-state index contributed by atoms with van der Waals surface area (Å²) in [5.74, 6) is 0.273. The van der Waals surface area contributed by atoms with Crippen molar-refractivity contribution in [3.8, 4) is 0 Å². The van der Waals surface area contributed by atoms with Crippen LogP contribution >= 0.6 is 0 Å². The second-order valence-electron chi connectivity index (χ2n) is 4.68. The minimum absolute atomic E-state index is 0.132. The highest BCUT2D eigenvalue weighted by Crippen LogP contribution is 2.05. The highest BCUT2D eigenvalue weighted by molar-refractivity contribution is 5.90. The molecule has 8 heteroatoms. The van der Waals surface area contributed by atoms with Gasteiger partial charge in [-0.1, -0.05) is 0 Å². The molecule has 0 saturated carbocycles. The molecule has 8 nitrogen and oxygen atoms in total. The van der Waals surface area contributed by atoms with E-state index in [4.69, 9.17) is 4.74 Å². The van der Waals surface area contributed by atoms with Crippen molar-refractivity contribution in [2.45, 2.75) is 13.8 Å². The van der Waals surface area contributed by atoms with Gasteiger partial charge in [0.2, 0.25) is 5.82 Å². The Balaban J connectivity index is 1.92. The highest BCUT2D eigenvalue weighted by Gasteiger charge is 2.14. The van der Waals surface area contributed by atoms with E-state index in [1.54, 1.807) is 11.6 Å². The topological polar surface area (TPSA) is 93.4 Å². The van der Waals surface area contributed by atoms with Gasteiger partial charge in [0.25, 0.3) is 11.7 Å². The van der Waals surface area contributed by atoms with Crippen LogP contribution in [0.5, 0.6) is 0 Å². The molecule has 1 amide bonds. The number of carbonyl (C=O) groups excluding carboxylic acids is 1. The number of amides is 1. The van der Waals surface area contributed by atoms with Gasteiger partial charge in [-0.3, -0.25) is 4.79 Å². The Hall–Kier alpha value is -2.06. The fourth-order valence-corrected chi connectivity index (χ4v) is 1.91. The fourth-order valence-electron chi connectivity index (χ4n) is 1.91. The number of aryl methyl sites for hydroxylation is 2. The van der Waals surface area contributed by atoms with Crippen molar-refractivity contribution in [1.29, 1.82) is 0 Å². The third kappa shape index (κ3) is 3.96. The van der Waals surface area contributed by atoms with Crippen LogP contribution in [0.15, 0.2) is 6.07 Å². The molecule has 0 aliphatic heterocycles. The molecule has 2 heterocycles. The molecule has 21 heavy (non-hydrogen) atoms. The van der Waals surface area contributed by atoms with Crippen LogP contribution in [0.4, 0.5) is 0 Å². The van der Waals surface area contributed by atoms with Gasteiger partial charge in [0, 0.05) is 38.1 Å². The Morgan fingerprint density at radius 2 is 2.10 bits per heavy atom. The summed E-state index contributed by atoms with van der Waals surface area (Å²) in [7, 11) is 1.65. The van der Waals surface area contributed by atoms with Gasteiger partial charge in [-0.25, -0.2) is 9.50 Å². The van der Waals surface area contributed by atoms with Gasteiger partial charge in [0.05, 0.1) is 6.61 Å². The lowest BCUT2D eigenvalue weighted by Gasteiger charge is -2.04. The second-order valence-corrected chi connectivity index (χ2v) is 4.68. The molecule has 2 aromatic rings. The first kappa shape index (κ1) is 15.3. The molecule has 2 N–H and O–H groups in total. The number of nitrogens with zero attached hydrogens (tertiary/aromatic N) is 4. The Bertz CT molecular complexity index is 624. The van der Waals surface area contributed by atoms with E-state index in [1.165, 1.54) is 0 Å². The van der Waals surface area contributed by atoms with Crippen molar-refractivity contribution in [3.05, 3.63) is 23.3 Å². The van der Waals surface area contributed by atoms with Crippen molar-refractivity contribution in [3.63, 3.8) is 0 Å². The van der Waals surface area contributed by atoms with E-state index in [0.29, 0.717) is 25.5 Å². The number of hydrogen-bond donors (Lipinski definition) is 2. The molecule has 0 aromatic carbocycles. The van der Waals surface area contributed by atoms with Crippen molar-refractivity contribution < 1.29 is 9.53 Å². The molecule has 0 unspecified atom stereocenters. The molecular formula is C13H20N6O2. The van der Waals surface area contributed by atoms with Crippen molar-refractivity contribution in [2.24, 2.45) is 0 Å². The van der Waals surface area contributed by atoms with Crippen LogP contribution < -0.4 is 10.6 Å². The molecule has 0 saturated heterocycles. The van der Waals surface area contributed by atoms with Crippen molar-refractivity contribution >= 4 is 11.7 Å². The normalized spacial score (nSPS) is 11.0. The average Bonchev–Trinajstić information content (AvgIpc) is 2.86. The average molecular weight is 292 g/mol. The second kappa shape index (κ2) is 7.09. The molecular weight excluding hydrogens is 272 g/mol. The largest absolute Gasteiger partial charge is 0.383 e. The fraction of sp³-hybridized carbons (Fsp3) is 0.538. The Labute approximate surface area is 122 Å². The lowest BCUT2D eigenvalue weighted by molar-refractivity contribution is 0.0943. The molecule has 0 aliphatic carbocycles. The monoisotopic (exact) mass is 292 g/mol. The van der Waals surface area contributed by atoms with Crippen molar-refractivity contribution in [2.75, 3.05) is 33.4 Å². The van der Waals surface area contributed by atoms with Crippen LogP contribution in [-0.4, -0.2) is 58.8 Å². The summed E-state index contributed by atoms with van der Waals surface area (Å²) in [4.78, 5) is 20.4. The van der Waals surface area contributed by atoms with E-state index in [9.17, 15) is 4.79 Å². The summed E-state index contributed by atoms with van der Waals surface area (Å²) in [6.07, 6.45) is 0. The molecule has 0 bridgehead atoms. The zero-order valence-corrected chi connectivity index (χ0v) is 12.5. The number of rotatable bonds is 7. The van der Waals surface area contributed by atoms with Crippen LogP contribution in [0.2, 0.25) is 0 Å². The first-order valence-electron chi connectivity index (χ1n) is 6.80. The Morgan fingerprint density at radius 1 is 1.29 bits per heavy atom. The zero-order chi connectivity index (χ0) is 15.2. The molecule has 0 atom stereocenters. The quantitative estimate of drug-likeness (QED) is 0.681. The van der Waals surface area contributed by atoms with E-state index >= 15 is 0 Å². The van der Waals surface area contributed by atoms with Gasteiger partial charge in [-0.2, -0.15) is 4.98 Å². The van der Waals surface area contributed by atoms with Crippen LogP contribution in [0, 0.1) is 13.8 Å². The van der Waals surface area contributed by atoms with E-state index in [1.807, 2.05) is 19.9 Å². The molecule has 0 aliphatic rings. The zero-order valence-electron chi connectivity index (χ0n) is 12.5. The van der Waals surface area contributed by atoms with Gasteiger partial charge in [-0.05, 0) is 19.9 Å². The number of hydrogen-bond acceptors (Lipinski definition) is 6. The number of aromatic nitrogens is 4. The van der Waals surface area contributed by atoms with Crippen LogP contribution in [-0.2, 0) is 4.74 Å². The first-order chi connectivity index (χ1) is 10.1. The summed E-state index contributed by atoms with van der Waals surface area (Å²) in [5, 5.41) is 10.1. The lowest BCUT2D eigenvalue weighted by atomic mass is 10.4. The molecule has 0 fully saturated rings. The predicted octanol–water partition coefficient (Wildman–Crippen LogP) is -0.293.